The first-order valence-corrected chi connectivity index (χ1v) is 6.72. The van der Waals surface area contributed by atoms with Crippen molar-refractivity contribution in [2.75, 3.05) is 0 Å². The Morgan fingerprint density at radius 3 is 2.35 bits per heavy atom. The molecule has 0 aliphatic rings. The second kappa shape index (κ2) is 5.49. The molecular formula is C16H20N2O2. The summed E-state index contributed by atoms with van der Waals surface area (Å²) in [5.74, 6) is -0.763. The lowest BCUT2D eigenvalue weighted by Crippen LogP contribution is -2.21. The van der Waals surface area contributed by atoms with Gasteiger partial charge in [-0.05, 0) is 38.3 Å². The summed E-state index contributed by atoms with van der Waals surface area (Å²) in [5.41, 5.74) is 3.18. The molecule has 1 aromatic carbocycles. The number of aliphatic carboxylic acids is 1. The molecule has 0 bridgehead atoms. The highest BCUT2D eigenvalue weighted by Gasteiger charge is 2.14. The minimum absolute atomic E-state index is 0.0281. The van der Waals surface area contributed by atoms with Gasteiger partial charge in [0, 0.05) is 18.2 Å². The molecule has 0 fully saturated rings. The second-order valence-electron chi connectivity index (χ2n) is 5.94. The van der Waals surface area contributed by atoms with E-state index in [1.165, 1.54) is 0 Å². The average molecular weight is 272 g/mol. The Morgan fingerprint density at radius 1 is 1.20 bits per heavy atom. The number of aryl methyl sites for hydroxylation is 1. The summed E-state index contributed by atoms with van der Waals surface area (Å²) < 4.78 is 1.95. The first-order chi connectivity index (χ1) is 9.36. The standard InChI is InChI=1S/C16H20N2O2/c1-16(2,3)18-11-14(10-17-18)13-7-4-12(5-8-13)6-9-15(19)20/h4-5,7-8,10-11H,6,9H2,1-3H3,(H,19,20). The van der Waals surface area contributed by atoms with Crippen LogP contribution in [0.15, 0.2) is 36.7 Å². The lowest BCUT2D eigenvalue weighted by molar-refractivity contribution is -0.136. The van der Waals surface area contributed by atoms with Crippen LogP contribution in [-0.4, -0.2) is 20.9 Å². The average Bonchev–Trinajstić information content (AvgIpc) is 2.86. The lowest BCUT2D eigenvalue weighted by atomic mass is 10.0. The lowest BCUT2D eigenvalue weighted by Gasteiger charge is -2.18. The van der Waals surface area contributed by atoms with E-state index in [1.807, 2.05) is 41.3 Å². The Labute approximate surface area is 119 Å². The van der Waals surface area contributed by atoms with Gasteiger partial charge in [0.05, 0.1) is 11.7 Å². The summed E-state index contributed by atoms with van der Waals surface area (Å²) in [4.78, 5) is 10.5. The van der Waals surface area contributed by atoms with Crippen molar-refractivity contribution in [1.29, 1.82) is 0 Å². The number of benzene rings is 1. The van der Waals surface area contributed by atoms with E-state index < -0.39 is 5.97 Å². The van der Waals surface area contributed by atoms with Gasteiger partial charge in [-0.1, -0.05) is 24.3 Å². The number of nitrogens with zero attached hydrogens (tertiary/aromatic N) is 2. The first kappa shape index (κ1) is 14.3. The van der Waals surface area contributed by atoms with Crippen LogP contribution in [0.1, 0.15) is 32.8 Å². The van der Waals surface area contributed by atoms with Crippen LogP contribution in [0, 0.1) is 0 Å². The largest absolute Gasteiger partial charge is 0.481 e. The van der Waals surface area contributed by atoms with Crippen LogP contribution in [0.2, 0.25) is 0 Å². The summed E-state index contributed by atoms with van der Waals surface area (Å²) in [7, 11) is 0. The number of carboxylic acid groups (broad SMARTS) is 1. The molecule has 0 aliphatic carbocycles. The van der Waals surface area contributed by atoms with Crippen molar-refractivity contribution in [3.05, 3.63) is 42.2 Å². The molecule has 1 heterocycles. The molecule has 0 saturated heterocycles. The first-order valence-electron chi connectivity index (χ1n) is 6.72. The Hall–Kier alpha value is -2.10. The van der Waals surface area contributed by atoms with Crippen LogP contribution in [0.25, 0.3) is 11.1 Å². The number of aromatic nitrogens is 2. The van der Waals surface area contributed by atoms with Crippen molar-refractivity contribution in [2.24, 2.45) is 0 Å². The number of hydrogen-bond acceptors (Lipinski definition) is 2. The SMILES string of the molecule is CC(C)(C)n1cc(-c2ccc(CCC(=O)O)cc2)cn1. The molecule has 4 nitrogen and oxygen atoms in total. The third-order valence-electron chi connectivity index (χ3n) is 3.18. The molecule has 4 heteroatoms. The zero-order chi connectivity index (χ0) is 14.8. The van der Waals surface area contributed by atoms with Gasteiger partial charge in [0.25, 0.3) is 0 Å². The van der Waals surface area contributed by atoms with Crippen molar-refractivity contribution in [1.82, 2.24) is 9.78 Å². The predicted octanol–water partition coefficient (Wildman–Crippen LogP) is 3.32. The third-order valence-corrected chi connectivity index (χ3v) is 3.18. The van der Waals surface area contributed by atoms with Gasteiger partial charge < -0.3 is 5.11 Å². The number of carboxylic acids is 1. The maximum Gasteiger partial charge on any atom is 0.303 e. The fourth-order valence-corrected chi connectivity index (χ4v) is 1.95. The molecule has 2 aromatic rings. The smallest absolute Gasteiger partial charge is 0.303 e. The fourth-order valence-electron chi connectivity index (χ4n) is 1.95. The summed E-state index contributed by atoms with van der Waals surface area (Å²) >= 11 is 0. The quantitative estimate of drug-likeness (QED) is 0.928. The van der Waals surface area contributed by atoms with E-state index in [4.69, 9.17) is 5.11 Å². The molecule has 0 amide bonds. The highest BCUT2D eigenvalue weighted by Crippen LogP contribution is 2.22. The molecule has 1 aromatic heterocycles. The van der Waals surface area contributed by atoms with E-state index in [0.29, 0.717) is 6.42 Å². The van der Waals surface area contributed by atoms with E-state index in [-0.39, 0.29) is 12.0 Å². The van der Waals surface area contributed by atoms with Gasteiger partial charge in [-0.25, -0.2) is 0 Å². The monoisotopic (exact) mass is 272 g/mol. The van der Waals surface area contributed by atoms with Gasteiger partial charge in [-0.2, -0.15) is 5.10 Å². The molecule has 106 valence electrons. The number of rotatable bonds is 4. The molecule has 0 aliphatic heterocycles. The highest BCUT2D eigenvalue weighted by molar-refractivity contribution is 5.67. The van der Waals surface area contributed by atoms with Crippen LogP contribution >= 0.6 is 0 Å². The van der Waals surface area contributed by atoms with Crippen LogP contribution in [0.5, 0.6) is 0 Å². The molecule has 0 radical (unpaired) electrons. The zero-order valence-electron chi connectivity index (χ0n) is 12.1. The minimum atomic E-state index is -0.763. The van der Waals surface area contributed by atoms with E-state index >= 15 is 0 Å². The third kappa shape index (κ3) is 3.47. The molecule has 0 atom stereocenters. The molecule has 2 rings (SSSR count). The van der Waals surface area contributed by atoms with Crippen molar-refractivity contribution >= 4 is 5.97 Å². The molecule has 0 saturated carbocycles. The van der Waals surface area contributed by atoms with Gasteiger partial charge in [0.15, 0.2) is 0 Å². The Bertz CT molecular complexity index is 592. The van der Waals surface area contributed by atoms with Crippen molar-refractivity contribution in [3.63, 3.8) is 0 Å². The zero-order valence-corrected chi connectivity index (χ0v) is 12.1. The second-order valence-corrected chi connectivity index (χ2v) is 5.94. The predicted molar refractivity (Wildman–Crippen MR) is 78.6 cm³/mol. The Kier molecular flexibility index (Phi) is 3.93. The van der Waals surface area contributed by atoms with Crippen molar-refractivity contribution in [3.8, 4) is 11.1 Å². The van der Waals surface area contributed by atoms with Gasteiger partial charge in [0.2, 0.25) is 0 Å². The summed E-state index contributed by atoms with van der Waals surface area (Å²) in [6, 6.07) is 7.99. The molecule has 20 heavy (non-hydrogen) atoms. The van der Waals surface area contributed by atoms with Gasteiger partial charge in [0.1, 0.15) is 0 Å². The Balaban J connectivity index is 2.14. The highest BCUT2D eigenvalue weighted by atomic mass is 16.4. The van der Waals surface area contributed by atoms with E-state index in [0.717, 1.165) is 16.7 Å². The maximum atomic E-state index is 10.5. The van der Waals surface area contributed by atoms with Gasteiger partial charge in [-0.15, -0.1) is 0 Å². The van der Waals surface area contributed by atoms with Crippen LogP contribution in [0.3, 0.4) is 0 Å². The van der Waals surface area contributed by atoms with Crippen LogP contribution < -0.4 is 0 Å². The number of hydrogen-bond donors (Lipinski definition) is 1. The molecule has 0 spiro atoms. The van der Waals surface area contributed by atoms with Gasteiger partial charge in [-0.3, -0.25) is 9.48 Å². The van der Waals surface area contributed by atoms with E-state index in [2.05, 4.69) is 25.9 Å². The van der Waals surface area contributed by atoms with Crippen LogP contribution in [0.4, 0.5) is 0 Å². The maximum absolute atomic E-state index is 10.5. The Morgan fingerprint density at radius 2 is 1.85 bits per heavy atom. The fraction of sp³-hybridized carbons (Fsp3) is 0.375. The molecule has 0 unspecified atom stereocenters. The van der Waals surface area contributed by atoms with Crippen LogP contribution in [-0.2, 0) is 16.8 Å². The summed E-state index contributed by atoms with van der Waals surface area (Å²) in [6.45, 7) is 6.33. The molecule has 1 N–H and O–H groups in total. The van der Waals surface area contributed by atoms with E-state index in [1.54, 1.807) is 0 Å². The summed E-state index contributed by atoms with van der Waals surface area (Å²) in [5, 5.41) is 13.1. The normalized spacial score (nSPS) is 11.6. The number of carbonyl (C=O) groups is 1. The minimum Gasteiger partial charge on any atom is -0.481 e. The van der Waals surface area contributed by atoms with Gasteiger partial charge >= 0.3 is 5.97 Å². The van der Waals surface area contributed by atoms with Crippen molar-refractivity contribution in [2.45, 2.75) is 39.2 Å². The molecular weight excluding hydrogens is 252 g/mol. The topological polar surface area (TPSA) is 55.1 Å². The van der Waals surface area contributed by atoms with Crippen molar-refractivity contribution < 1.29 is 9.90 Å². The van der Waals surface area contributed by atoms with E-state index in [9.17, 15) is 4.79 Å². The summed E-state index contributed by atoms with van der Waals surface area (Å²) in [6.07, 6.45) is 4.63.